The van der Waals surface area contributed by atoms with Crippen LogP contribution in [0.25, 0.3) is 0 Å². The maximum absolute atomic E-state index is 12.5. The summed E-state index contributed by atoms with van der Waals surface area (Å²) < 4.78 is 47.3. The Bertz CT molecular complexity index is 404. The van der Waals surface area contributed by atoms with Gasteiger partial charge in [0.2, 0.25) is 0 Å². The number of nitrogens with one attached hydrogen (secondary N) is 1. The van der Waals surface area contributed by atoms with Gasteiger partial charge in [-0.3, -0.25) is 5.41 Å². The van der Waals surface area contributed by atoms with E-state index in [0.29, 0.717) is 5.75 Å². The van der Waals surface area contributed by atoms with Crippen molar-refractivity contribution in [2.75, 3.05) is 13.7 Å². The first-order chi connectivity index (χ1) is 8.34. The molecule has 0 aliphatic carbocycles. The Labute approximate surface area is 102 Å². The minimum atomic E-state index is -4.59. The second kappa shape index (κ2) is 5.61. The van der Waals surface area contributed by atoms with E-state index >= 15 is 0 Å². The van der Waals surface area contributed by atoms with E-state index in [1.54, 1.807) is 12.1 Å². The van der Waals surface area contributed by atoms with E-state index in [1.807, 2.05) is 0 Å². The first-order valence-electron chi connectivity index (χ1n) is 5.02. The molecule has 1 aromatic carbocycles. The molecule has 0 bridgehead atoms. The Balaban J connectivity index is 2.64. The van der Waals surface area contributed by atoms with Crippen molar-refractivity contribution in [3.63, 3.8) is 0 Å². The normalized spacial score (nSPS) is 12.9. The minimum Gasteiger partial charge on any atom is -0.497 e. The van der Waals surface area contributed by atoms with Gasteiger partial charge in [-0.1, -0.05) is 0 Å². The summed E-state index contributed by atoms with van der Waals surface area (Å²) in [5.74, 6) is -2.23. The number of halogens is 3. The van der Waals surface area contributed by atoms with Gasteiger partial charge in [0.25, 0.3) is 0 Å². The Hall–Kier alpha value is -1.92. The number of hydrogen-bond donors (Lipinski definition) is 2. The third-order valence-corrected chi connectivity index (χ3v) is 2.25. The monoisotopic (exact) mass is 262 g/mol. The number of ether oxygens (including phenoxy) is 2. The lowest BCUT2D eigenvalue weighted by Gasteiger charge is -2.19. The summed E-state index contributed by atoms with van der Waals surface area (Å²) in [5, 5.41) is 6.89. The molecule has 1 aromatic rings. The van der Waals surface area contributed by atoms with Gasteiger partial charge in [-0.2, -0.15) is 13.2 Å². The zero-order valence-electron chi connectivity index (χ0n) is 9.62. The number of methoxy groups -OCH3 is 1. The van der Waals surface area contributed by atoms with E-state index in [4.69, 9.17) is 20.6 Å². The molecule has 0 aliphatic heterocycles. The third-order valence-electron chi connectivity index (χ3n) is 2.25. The number of alkyl halides is 3. The first-order valence-corrected chi connectivity index (χ1v) is 5.02. The Morgan fingerprint density at radius 2 is 1.78 bits per heavy atom. The molecule has 18 heavy (non-hydrogen) atoms. The molecule has 0 radical (unpaired) electrons. The molecule has 100 valence electrons. The highest BCUT2D eigenvalue weighted by atomic mass is 19.4. The Morgan fingerprint density at radius 3 is 2.17 bits per heavy atom. The molecule has 0 aliphatic rings. The van der Waals surface area contributed by atoms with Crippen LogP contribution < -0.4 is 15.2 Å². The lowest BCUT2D eigenvalue weighted by molar-refractivity contribution is -0.162. The van der Waals surface area contributed by atoms with Gasteiger partial charge in [0, 0.05) is 0 Å². The van der Waals surface area contributed by atoms with Gasteiger partial charge in [0.05, 0.1) is 7.11 Å². The van der Waals surface area contributed by atoms with Crippen LogP contribution in [-0.4, -0.2) is 25.7 Å². The highest BCUT2D eigenvalue weighted by molar-refractivity contribution is 5.80. The fraction of sp³-hybridized carbons (Fsp3) is 0.364. The molecule has 0 saturated heterocycles. The van der Waals surface area contributed by atoms with E-state index in [2.05, 4.69) is 0 Å². The summed E-state index contributed by atoms with van der Waals surface area (Å²) in [6, 6.07) is 6.08. The van der Waals surface area contributed by atoms with Crippen molar-refractivity contribution in [1.82, 2.24) is 0 Å². The van der Waals surface area contributed by atoms with E-state index in [0.717, 1.165) is 0 Å². The quantitative estimate of drug-likeness (QED) is 0.631. The standard InChI is InChI=1S/C11H13F3N2O2/c1-17-7-2-4-8(5-3-7)18-6-9(10(15)16)11(12,13)14/h2-5,9H,6H2,1H3,(H3,15,16). The maximum atomic E-state index is 12.5. The molecule has 0 saturated carbocycles. The largest absolute Gasteiger partial charge is 0.497 e. The van der Waals surface area contributed by atoms with Gasteiger partial charge in [0.1, 0.15) is 29.9 Å². The van der Waals surface area contributed by atoms with Gasteiger partial charge < -0.3 is 15.2 Å². The van der Waals surface area contributed by atoms with E-state index < -0.39 is 24.5 Å². The predicted molar refractivity (Wildman–Crippen MR) is 59.9 cm³/mol. The van der Waals surface area contributed by atoms with E-state index in [-0.39, 0.29) is 5.75 Å². The van der Waals surface area contributed by atoms with Crippen molar-refractivity contribution >= 4 is 5.84 Å². The van der Waals surface area contributed by atoms with Crippen molar-refractivity contribution in [2.45, 2.75) is 6.18 Å². The van der Waals surface area contributed by atoms with Gasteiger partial charge in [-0.15, -0.1) is 0 Å². The van der Waals surface area contributed by atoms with Crippen molar-refractivity contribution < 1.29 is 22.6 Å². The molecule has 0 aromatic heterocycles. The lowest BCUT2D eigenvalue weighted by Crippen LogP contribution is -2.39. The van der Waals surface area contributed by atoms with E-state index in [9.17, 15) is 13.2 Å². The summed E-state index contributed by atoms with van der Waals surface area (Å²) in [6.07, 6.45) is -4.59. The van der Waals surface area contributed by atoms with Crippen molar-refractivity contribution in [1.29, 1.82) is 5.41 Å². The zero-order chi connectivity index (χ0) is 13.8. The molecule has 3 N–H and O–H groups in total. The molecule has 7 heteroatoms. The number of amidine groups is 1. The van der Waals surface area contributed by atoms with Crippen LogP contribution in [0.5, 0.6) is 11.5 Å². The number of benzene rings is 1. The van der Waals surface area contributed by atoms with Gasteiger partial charge >= 0.3 is 6.18 Å². The highest BCUT2D eigenvalue weighted by Gasteiger charge is 2.42. The van der Waals surface area contributed by atoms with Gasteiger partial charge in [-0.25, -0.2) is 0 Å². The van der Waals surface area contributed by atoms with Crippen LogP contribution in [0.4, 0.5) is 13.2 Å². The van der Waals surface area contributed by atoms with Crippen LogP contribution in [0.15, 0.2) is 24.3 Å². The first kappa shape index (κ1) is 14.1. The summed E-state index contributed by atoms with van der Waals surface area (Å²) in [4.78, 5) is 0. The molecule has 0 amide bonds. The molecular formula is C11H13F3N2O2. The number of rotatable bonds is 5. The summed E-state index contributed by atoms with van der Waals surface area (Å²) in [5.41, 5.74) is 4.90. The molecule has 4 nitrogen and oxygen atoms in total. The fourth-order valence-electron chi connectivity index (χ4n) is 1.21. The van der Waals surface area contributed by atoms with Gasteiger partial charge in [0.15, 0.2) is 0 Å². The Kier molecular flexibility index (Phi) is 4.41. The molecule has 1 rings (SSSR count). The Morgan fingerprint density at radius 1 is 1.28 bits per heavy atom. The second-order valence-corrected chi connectivity index (χ2v) is 3.54. The van der Waals surface area contributed by atoms with Crippen molar-refractivity contribution in [3.05, 3.63) is 24.3 Å². The van der Waals surface area contributed by atoms with Crippen LogP contribution in [-0.2, 0) is 0 Å². The number of hydrogen-bond acceptors (Lipinski definition) is 3. The molecule has 1 atom stereocenters. The summed E-state index contributed by atoms with van der Waals surface area (Å²) in [7, 11) is 1.48. The van der Waals surface area contributed by atoms with Crippen LogP contribution in [0.1, 0.15) is 0 Å². The SMILES string of the molecule is COc1ccc(OCC(C(=N)N)C(F)(F)F)cc1. The fourth-order valence-corrected chi connectivity index (χ4v) is 1.21. The number of nitrogens with two attached hydrogens (primary N) is 1. The molecule has 0 fully saturated rings. The summed E-state index contributed by atoms with van der Waals surface area (Å²) in [6.45, 7) is -0.717. The minimum absolute atomic E-state index is 0.256. The predicted octanol–water partition coefficient (Wildman–Crippen LogP) is 2.19. The van der Waals surface area contributed by atoms with Crippen molar-refractivity contribution in [3.8, 4) is 11.5 Å². The molecule has 0 heterocycles. The van der Waals surface area contributed by atoms with Crippen LogP contribution in [0.3, 0.4) is 0 Å². The topological polar surface area (TPSA) is 68.3 Å². The average Bonchev–Trinajstić information content (AvgIpc) is 2.28. The molecule has 0 spiro atoms. The van der Waals surface area contributed by atoms with Crippen LogP contribution in [0, 0.1) is 11.3 Å². The highest BCUT2D eigenvalue weighted by Crippen LogP contribution is 2.27. The molecular weight excluding hydrogens is 249 g/mol. The van der Waals surface area contributed by atoms with Gasteiger partial charge in [-0.05, 0) is 24.3 Å². The zero-order valence-corrected chi connectivity index (χ0v) is 9.62. The molecule has 1 unspecified atom stereocenters. The maximum Gasteiger partial charge on any atom is 0.401 e. The smallest absolute Gasteiger partial charge is 0.401 e. The second-order valence-electron chi connectivity index (χ2n) is 3.54. The van der Waals surface area contributed by atoms with Crippen LogP contribution >= 0.6 is 0 Å². The van der Waals surface area contributed by atoms with Crippen LogP contribution in [0.2, 0.25) is 0 Å². The summed E-state index contributed by atoms with van der Waals surface area (Å²) >= 11 is 0. The van der Waals surface area contributed by atoms with Crippen molar-refractivity contribution in [2.24, 2.45) is 11.7 Å². The third kappa shape index (κ3) is 3.83. The van der Waals surface area contributed by atoms with E-state index in [1.165, 1.54) is 19.2 Å². The average molecular weight is 262 g/mol. The lowest BCUT2D eigenvalue weighted by atomic mass is 10.1.